The summed E-state index contributed by atoms with van der Waals surface area (Å²) in [5.41, 5.74) is 0. The van der Waals surface area contributed by atoms with Crippen LogP contribution in [0.5, 0.6) is 0 Å². The van der Waals surface area contributed by atoms with Crippen molar-refractivity contribution in [3.63, 3.8) is 0 Å². The number of nitrogens with zero attached hydrogens (tertiary/aromatic N) is 2. The lowest BCUT2D eigenvalue weighted by Crippen LogP contribution is -2.42. The third kappa shape index (κ3) is 4.13. The zero-order valence-electron chi connectivity index (χ0n) is 9.80. The van der Waals surface area contributed by atoms with Gasteiger partial charge in [-0.25, -0.2) is 9.59 Å². The maximum Gasteiger partial charge on any atom is 0.326 e. The number of carbonyl (C=O) groups is 2. The largest absolute Gasteiger partial charge is 0.480 e. The van der Waals surface area contributed by atoms with Crippen molar-refractivity contribution in [2.45, 2.75) is 25.8 Å². The fourth-order valence-electron chi connectivity index (χ4n) is 1.34. The summed E-state index contributed by atoms with van der Waals surface area (Å²) in [6.07, 6.45) is 2.75. The van der Waals surface area contributed by atoms with Crippen LogP contribution in [0.1, 0.15) is 19.8 Å². The van der Waals surface area contributed by atoms with Crippen molar-refractivity contribution >= 4 is 17.8 Å². The van der Waals surface area contributed by atoms with Gasteiger partial charge in [-0.3, -0.25) is 10.00 Å². The number of urea groups is 1. The first kappa shape index (κ1) is 13.0. The van der Waals surface area contributed by atoms with E-state index in [1.807, 2.05) is 6.92 Å². The fraction of sp³-hybridized carbons (Fsp3) is 0.500. The lowest BCUT2D eigenvalue weighted by Gasteiger charge is -2.13. The first-order chi connectivity index (χ1) is 8.02. The number of carboxylic acids is 1. The van der Waals surface area contributed by atoms with E-state index in [4.69, 9.17) is 5.11 Å². The predicted octanol–water partition coefficient (Wildman–Crippen LogP) is 0.795. The molecular formula is C10H16N4O3. The van der Waals surface area contributed by atoms with Gasteiger partial charge in [0.25, 0.3) is 0 Å². The van der Waals surface area contributed by atoms with Crippen molar-refractivity contribution < 1.29 is 14.7 Å². The Kier molecular flexibility index (Phi) is 4.50. The van der Waals surface area contributed by atoms with Crippen LogP contribution < -0.4 is 10.6 Å². The third-order valence-electron chi connectivity index (χ3n) is 2.14. The first-order valence-corrected chi connectivity index (χ1v) is 5.33. The van der Waals surface area contributed by atoms with Crippen molar-refractivity contribution in [1.29, 1.82) is 0 Å². The summed E-state index contributed by atoms with van der Waals surface area (Å²) >= 11 is 0. The number of aryl methyl sites for hydroxylation is 1. The van der Waals surface area contributed by atoms with Crippen LogP contribution in [0.4, 0.5) is 10.6 Å². The number of carboxylic acid groups (broad SMARTS) is 1. The minimum absolute atomic E-state index is 0.380. The molecule has 1 atom stereocenters. The summed E-state index contributed by atoms with van der Waals surface area (Å²) in [6, 6.07) is 0.183. The van der Waals surface area contributed by atoms with Gasteiger partial charge in [0.15, 0.2) is 5.82 Å². The molecule has 0 saturated heterocycles. The number of anilines is 1. The summed E-state index contributed by atoms with van der Waals surface area (Å²) in [4.78, 5) is 22.3. The van der Waals surface area contributed by atoms with E-state index >= 15 is 0 Å². The van der Waals surface area contributed by atoms with E-state index in [1.165, 1.54) is 4.68 Å². The van der Waals surface area contributed by atoms with Gasteiger partial charge in [-0.05, 0) is 6.42 Å². The van der Waals surface area contributed by atoms with Gasteiger partial charge < -0.3 is 10.4 Å². The van der Waals surface area contributed by atoms with Crippen LogP contribution in [-0.4, -0.2) is 32.9 Å². The Hall–Kier alpha value is -2.05. The van der Waals surface area contributed by atoms with Crippen LogP contribution in [0, 0.1) is 0 Å². The number of aliphatic carboxylic acids is 1. The van der Waals surface area contributed by atoms with Crippen molar-refractivity contribution in [2.75, 3.05) is 5.32 Å². The summed E-state index contributed by atoms with van der Waals surface area (Å²) in [7, 11) is 1.72. The van der Waals surface area contributed by atoms with Gasteiger partial charge in [0.1, 0.15) is 6.04 Å². The molecule has 0 aliphatic carbocycles. The Bertz CT molecular complexity index is 402. The van der Waals surface area contributed by atoms with E-state index in [0.29, 0.717) is 18.7 Å². The predicted molar refractivity (Wildman–Crippen MR) is 61.7 cm³/mol. The lowest BCUT2D eigenvalue weighted by atomic mass is 10.2. The molecule has 0 aliphatic rings. The molecule has 1 heterocycles. The van der Waals surface area contributed by atoms with Crippen LogP contribution in [0.25, 0.3) is 0 Å². The molecule has 1 aromatic rings. The van der Waals surface area contributed by atoms with E-state index in [0.717, 1.165) is 0 Å². The highest BCUT2D eigenvalue weighted by atomic mass is 16.4. The van der Waals surface area contributed by atoms with Gasteiger partial charge >= 0.3 is 12.0 Å². The molecule has 94 valence electrons. The smallest absolute Gasteiger partial charge is 0.326 e. The van der Waals surface area contributed by atoms with Crippen LogP contribution in [0.15, 0.2) is 12.3 Å². The van der Waals surface area contributed by atoms with Crippen LogP contribution in [-0.2, 0) is 11.8 Å². The molecule has 0 saturated carbocycles. The minimum Gasteiger partial charge on any atom is -0.480 e. The highest BCUT2D eigenvalue weighted by molar-refractivity contribution is 5.91. The van der Waals surface area contributed by atoms with Crippen LogP contribution in [0.3, 0.4) is 0 Å². The molecule has 0 spiro atoms. The van der Waals surface area contributed by atoms with E-state index < -0.39 is 18.0 Å². The van der Waals surface area contributed by atoms with Crippen molar-refractivity contribution in [3.8, 4) is 0 Å². The maximum atomic E-state index is 11.5. The molecule has 3 N–H and O–H groups in total. The van der Waals surface area contributed by atoms with Gasteiger partial charge in [-0.2, -0.15) is 5.10 Å². The van der Waals surface area contributed by atoms with Gasteiger partial charge in [0.05, 0.1) is 0 Å². The molecule has 7 heteroatoms. The number of carbonyl (C=O) groups excluding carboxylic acids is 1. The highest BCUT2D eigenvalue weighted by Crippen LogP contribution is 2.02. The Morgan fingerprint density at radius 2 is 2.29 bits per heavy atom. The molecule has 0 bridgehead atoms. The highest BCUT2D eigenvalue weighted by Gasteiger charge is 2.18. The van der Waals surface area contributed by atoms with E-state index in [1.54, 1.807) is 19.3 Å². The second-order valence-corrected chi connectivity index (χ2v) is 3.65. The van der Waals surface area contributed by atoms with Gasteiger partial charge in [0, 0.05) is 19.3 Å². The second-order valence-electron chi connectivity index (χ2n) is 3.65. The Morgan fingerprint density at radius 1 is 1.59 bits per heavy atom. The van der Waals surface area contributed by atoms with Gasteiger partial charge in [0.2, 0.25) is 0 Å². The van der Waals surface area contributed by atoms with Gasteiger partial charge in [-0.15, -0.1) is 0 Å². The number of rotatable bonds is 5. The molecule has 1 aromatic heterocycles. The summed E-state index contributed by atoms with van der Waals surface area (Å²) in [6.45, 7) is 1.86. The van der Waals surface area contributed by atoms with Crippen LogP contribution in [0.2, 0.25) is 0 Å². The molecular weight excluding hydrogens is 224 g/mol. The standard InChI is InChI=1S/C10H16N4O3/c1-3-4-7(9(15)16)11-10(17)12-8-5-6-14(2)13-8/h5-7H,3-4H2,1-2H3,(H,15,16)(H2,11,12,13,17). The minimum atomic E-state index is -1.04. The lowest BCUT2D eigenvalue weighted by molar-refractivity contribution is -0.139. The molecule has 17 heavy (non-hydrogen) atoms. The van der Waals surface area contributed by atoms with Crippen molar-refractivity contribution in [1.82, 2.24) is 15.1 Å². The SMILES string of the molecule is CCCC(NC(=O)Nc1ccn(C)n1)C(=O)O. The monoisotopic (exact) mass is 240 g/mol. The molecule has 0 radical (unpaired) electrons. The van der Waals surface area contributed by atoms with E-state index in [2.05, 4.69) is 15.7 Å². The number of hydrogen-bond donors (Lipinski definition) is 3. The Labute approximate surface area is 98.8 Å². The van der Waals surface area contributed by atoms with Crippen molar-refractivity contribution in [3.05, 3.63) is 12.3 Å². The zero-order valence-corrected chi connectivity index (χ0v) is 9.80. The fourth-order valence-corrected chi connectivity index (χ4v) is 1.34. The molecule has 0 fully saturated rings. The zero-order chi connectivity index (χ0) is 12.8. The molecule has 0 aromatic carbocycles. The second kappa shape index (κ2) is 5.88. The average Bonchev–Trinajstić information content (AvgIpc) is 2.63. The third-order valence-corrected chi connectivity index (χ3v) is 2.14. The molecule has 2 amide bonds. The van der Waals surface area contributed by atoms with Gasteiger partial charge in [-0.1, -0.05) is 13.3 Å². The first-order valence-electron chi connectivity index (χ1n) is 5.33. The summed E-state index contributed by atoms with van der Waals surface area (Å²) in [5.74, 6) is -0.659. The Balaban J connectivity index is 2.50. The topological polar surface area (TPSA) is 96.3 Å². The number of hydrogen-bond acceptors (Lipinski definition) is 3. The number of aromatic nitrogens is 2. The number of amides is 2. The molecule has 1 rings (SSSR count). The summed E-state index contributed by atoms with van der Waals surface area (Å²) in [5, 5.41) is 17.6. The molecule has 1 unspecified atom stereocenters. The molecule has 0 aliphatic heterocycles. The van der Waals surface area contributed by atoms with E-state index in [9.17, 15) is 9.59 Å². The van der Waals surface area contributed by atoms with Crippen molar-refractivity contribution in [2.24, 2.45) is 7.05 Å². The Morgan fingerprint density at radius 3 is 2.76 bits per heavy atom. The average molecular weight is 240 g/mol. The maximum absolute atomic E-state index is 11.5. The molecule has 7 nitrogen and oxygen atoms in total. The van der Waals surface area contributed by atoms with E-state index in [-0.39, 0.29) is 0 Å². The summed E-state index contributed by atoms with van der Waals surface area (Å²) < 4.78 is 1.54. The number of nitrogens with one attached hydrogen (secondary N) is 2. The van der Waals surface area contributed by atoms with Crippen LogP contribution >= 0.6 is 0 Å². The normalized spacial score (nSPS) is 11.9. The quantitative estimate of drug-likeness (QED) is 0.709.